The second kappa shape index (κ2) is 5.66. The Hall–Kier alpha value is -1.82. The summed E-state index contributed by atoms with van der Waals surface area (Å²) in [4.78, 5) is 12.1. The van der Waals surface area contributed by atoms with Crippen LogP contribution in [0.3, 0.4) is 0 Å². The normalized spacial score (nSPS) is 11.4. The summed E-state index contributed by atoms with van der Waals surface area (Å²) in [5, 5.41) is 3.59. The van der Waals surface area contributed by atoms with Gasteiger partial charge in [-0.05, 0) is 23.9 Å². The summed E-state index contributed by atoms with van der Waals surface area (Å²) in [6.45, 7) is 0.616. The monoisotopic (exact) mass is 299 g/mol. The van der Waals surface area contributed by atoms with Crippen LogP contribution in [0.25, 0.3) is 11.1 Å². The van der Waals surface area contributed by atoms with Gasteiger partial charge in [0.2, 0.25) is 0 Å². The third-order valence-electron chi connectivity index (χ3n) is 2.68. The molecule has 1 amide bonds. The molecule has 1 aromatic carbocycles. The number of amides is 1. The van der Waals surface area contributed by atoms with Gasteiger partial charge >= 0.3 is 6.18 Å². The fourth-order valence-electron chi connectivity index (χ4n) is 1.71. The lowest BCUT2D eigenvalue weighted by Gasteiger charge is -2.09. The molecule has 0 saturated carbocycles. The Morgan fingerprint density at radius 3 is 2.45 bits per heavy atom. The molecule has 20 heavy (non-hydrogen) atoms. The number of alkyl halides is 3. The van der Waals surface area contributed by atoms with Crippen molar-refractivity contribution in [3.05, 3.63) is 46.2 Å². The maximum Gasteiger partial charge on any atom is 0.405 e. The molecule has 0 aliphatic carbocycles. The molecular formula is C14H12F3NOS. The van der Waals surface area contributed by atoms with Crippen molar-refractivity contribution in [3.8, 4) is 11.1 Å². The number of carbonyl (C=O) groups is 1. The summed E-state index contributed by atoms with van der Waals surface area (Å²) in [5.74, 6) is -0.701. The Morgan fingerprint density at radius 2 is 1.85 bits per heavy atom. The highest BCUT2D eigenvalue weighted by molar-refractivity contribution is 7.12. The van der Waals surface area contributed by atoms with E-state index in [1.54, 1.807) is 11.4 Å². The molecule has 0 aliphatic heterocycles. The topological polar surface area (TPSA) is 29.1 Å². The molecule has 0 bridgehead atoms. The lowest BCUT2D eigenvalue weighted by atomic mass is 10.0. The number of aryl methyl sites for hydroxylation is 1. The molecule has 0 aliphatic rings. The van der Waals surface area contributed by atoms with Crippen molar-refractivity contribution in [1.82, 2.24) is 5.32 Å². The smallest absolute Gasteiger partial charge is 0.342 e. The van der Waals surface area contributed by atoms with Crippen LogP contribution in [0.4, 0.5) is 13.2 Å². The lowest BCUT2D eigenvalue weighted by Crippen LogP contribution is -2.33. The summed E-state index contributed by atoms with van der Waals surface area (Å²) in [6, 6.07) is 9.21. The van der Waals surface area contributed by atoms with E-state index in [1.165, 1.54) is 0 Å². The van der Waals surface area contributed by atoms with E-state index in [1.807, 2.05) is 36.5 Å². The van der Waals surface area contributed by atoms with Crippen LogP contribution in [0.1, 0.15) is 15.2 Å². The molecule has 1 aromatic heterocycles. The van der Waals surface area contributed by atoms with Crippen molar-refractivity contribution in [2.45, 2.75) is 13.1 Å². The lowest BCUT2D eigenvalue weighted by molar-refractivity contribution is -0.123. The fraction of sp³-hybridized carbons (Fsp3) is 0.214. The maximum atomic E-state index is 12.1. The van der Waals surface area contributed by atoms with E-state index in [9.17, 15) is 18.0 Å². The molecule has 1 N–H and O–H groups in total. The highest BCUT2D eigenvalue weighted by Crippen LogP contribution is 2.28. The number of carbonyl (C=O) groups excluding carboxylic acids is 1. The third kappa shape index (κ3) is 3.60. The van der Waals surface area contributed by atoms with Gasteiger partial charge in [-0.15, -0.1) is 11.3 Å². The van der Waals surface area contributed by atoms with E-state index in [0.29, 0.717) is 5.56 Å². The number of hydrogen-bond acceptors (Lipinski definition) is 2. The summed E-state index contributed by atoms with van der Waals surface area (Å²) in [6.07, 6.45) is -4.41. The zero-order chi connectivity index (χ0) is 14.8. The van der Waals surface area contributed by atoms with Crippen LogP contribution in [0.15, 0.2) is 35.7 Å². The molecule has 0 radical (unpaired) electrons. The van der Waals surface area contributed by atoms with E-state index < -0.39 is 18.6 Å². The Kier molecular flexibility index (Phi) is 4.13. The highest BCUT2D eigenvalue weighted by Gasteiger charge is 2.28. The van der Waals surface area contributed by atoms with Gasteiger partial charge < -0.3 is 5.32 Å². The Balaban J connectivity index is 2.20. The van der Waals surface area contributed by atoms with Crippen molar-refractivity contribution < 1.29 is 18.0 Å². The van der Waals surface area contributed by atoms with E-state index >= 15 is 0 Å². The van der Waals surface area contributed by atoms with Gasteiger partial charge in [-0.25, -0.2) is 0 Å². The van der Waals surface area contributed by atoms with Gasteiger partial charge in [-0.3, -0.25) is 4.79 Å². The first-order chi connectivity index (χ1) is 9.37. The van der Waals surface area contributed by atoms with Crippen molar-refractivity contribution >= 4 is 17.2 Å². The van der Waals surface area contributed by atoms with Crippen LogP contribution in [-0.2, 0) is 0 Å². The molecule has 2 aromatic rings. The minimum absolute atomic E-state index is 0.290. The second-order valence-electron chi connectivity index (χ2n) is 4.33. The van der Waals surface area contributed by atoms with Crippen LogP contribution in [0.2, 0.25) is 0 Å². The van der Waals surface area contributed by atoms with Crippen LogP contribution in [-0.4, -0.2) is 18.6 Å². The highest BCUT2D eigenvalue weighted by atomic mass is 32.1. The van der Waals surface area contributed by atoms with Gasteiger partial charge in [0.15, 0.2) is 0 Å². The number of thiophene rings is 1. The Labute approximate surface area is 118 Å². The minimum Gasteiger partial charge on any atom is -0.342 e. The molecule has 2 rings (SSSR count). The Morgan fingerprint density at radius 1 is 1.20 bits per heavy atom. The summed E-state index contributed by atoms with van der Waals surface area (Å²) in [5.41, 5.74) is 2.54. The van der Waals surface area contributed by atoms with Crippen molar-refractivity contribution in [1.29, 1.82) is 0 Å². The van der Waals surface area contributed by atoms with Gasteiger partial charge in [0.05, 0.1) is 4.88 Å². The number of halogens is 3. The predicted molar refractivity (Wildman–Crippen MR) is 72.9 cm³/mol. The summed E-state index contributed by atoms with van der Waals surface area (Å²) in [7, 11) is 0. The van der Waals surface area contributed by atoms with Crippen LogP contribution in [0, 0.1) is 6.92 Å². The standard InChI is InChI=1S/C14H12F3NOS/c1-9-2-4-10(5-3-9)11-6-7-20-12(11)13(19)18-8-14(15,16)17/h2-7H,8H2,1H3,(H,18,19). The average molecular weight is 299 g/mol. The van der Waals surface area contributed by atoms with Gasteiger partial charge in [0.25, 0.3) is 5.91 Å². The number of hydrogen-bond donors (Lipinski definition) is 1. The minimum atomic E-state index is -4.41. The van der Waals surface area contributed by atoms with Crippen molar-refractivity contribution in [3.63, 3.8) is 0 Å². The summed E-state index contributed by atoms with van der Waals surface area (Å²) >= 11 is 1.13. The molecule has 0 unspecified atom stereocenters. The first kappa shape index (κ1) is 14.6. The van der Waals surface area contributed by atoms with E-state index in [4.69, 9.17) is 0 Å². The predicted octanol–water partition coefficient (Wildman–Crippen LogP) is 4.02. The average Bonchev–Trinajstić information content (AvgIpc) is 2.85. The van der Waals surface area contributed by atoms with E-state index in [2.05, 4.69) is 0 Å². The molecule has 0 spiro atoms. The maximum absolute atomic E-state index is 12.1. The van der Waals surface area contributed by atoms with Gasteiger partial charge in [-0.1, -0.05) is 29.8 Å². The first-order valence-corrected chi connectivity index (χ1v) is 6.74. The molecular weight excluding hydrogens is 287 g/mol. The molecule has 6 heteroatoms. The van der Waals surface area contributed by atoms with E-state index in [-0.39, 0.29) is 4.88 Å². The van der Waals surface area contributed by atoms with Crippen LogP contribution in [0.5, 0.6) is 0 Å². The van der Waals surface area contributed by atoms with Crippen LogP contribution >= 0.6 is 11.3 Å². The van der Waals surface area contributed by atoms with Crippen LogP contribution < -0.4 is 5.32 Å². The van der Waals surface area contributed by atoms with E-state index in [0.717, 1.165) is 22.5 Å². The Bertz CT molecular complexity index is 602. The number of nitrogens with one attached hydrogen (secondary N) is 1. The molecule has 0 atom stereocenters. The van der Waals surface area contributed by atoms with Gasteiger partial charge in [0, 0.05) is 5.56 Å². The fourth-order valence-corrected chi connectivity index (χ4v) is 2.54. The second-order valence-corrected chi connectivity index (χ2v) is 5.24. The first-order valence-electron chi connectivity index (χ1n) is 5.86. The molecule has 0 saturated heterocycles. The molecule has 106 valence electrons. The molecule has 2 nitrogen and oxygen atoms in total. The van der Waals surface area contributed by atoms with Crippen molar-refractivity contribution in [2.75, 3.05) is 6.54 Å². The SMILES string of the molecule is Cc1ccc(-c2ccsc2C(=O)NCC(F)(F)F)cc1. The zero-order valence-corrected chi connectivity index (χ0v) is 11.4. The quantitative estimate of drug-likeness (QED) is 0.911. The number of rotatable bonds is 3. The zero-order valence-electron chi connectivity index (χ0n) is 10.6. The van der Waals surface area contributed by atoms with Crippen molar-refractivity contribution in [2.24, 2.45) is 0 Å². The third-order valence-corrected chi connectivity index (χ3v) is 3.60. The largest absolute Gasteiger partial charge is 0.405 e. The molecule has 0 fully saturated rings. The van der Waals surface area contributed by atoms with Gasteiger partial charge in [-0.2, -0.15) is 13.2 Å². The molecule has 1 heterocycles. The number of benzene rings is 1. The summed E-state index contributed by atoms with van der Waals surface area (Å²) < 4.78 is 36.3. The van der Waals surface area contributed by atoms with Gasteiger partial charge in [0.1, 0.15) is 6.54 Å².